The lowest BCUT2D eigenvalue weighted by atomic mass is 9.94. The van der Waals surface area contributed by atoms with Crippen molar-refractivity contribution in [2.75, 3.05) is 19.6 Å². The zero-order chi connectivity index (χ0) is 17.7. The molecular weight excluding hydrogens is 331 g/mol. The number of piperidine rings is 1. The molecule has 4 rings (SSSR count). The van der Waals surface area contributed by atoms with Gasteiger partial charge in [-0.3, -0.25) is 0 Å². The Bertz CT molecular complexity index is 756. The third-order valence-electron chi connectivity index (χ3n) is 5.42. The minimum atomic E-state index is -4.57. The summed E-state index contributed by atoms with van der Waals surface area (Å²) in [6.45, 7) is 5.02. The van der Waals surface area contributed by atoms with Gasteiger partial charge in [-0.15, -0.1) is 10.2 Å². The molecule has 7 heteroatoms. The number of hydrogen-bond donors (Lipinski definition) is 0. The molecule has 4 nitrogen and oxygen atoms in total. The van der Waals surface area contributed by atoms with Crippen molar-refractivity contribution in [1.82, 2.24) is 15.1 Å². The number of hydrogen-bond acceptors (Lipinski definition) is 4. The SMILES string of the molecule is Cc1ccc(C23CC2CN(CCCc2nnc(C(F)(F)F)o2)C3)cc1. The summed E-state index contributed by atoms with van der Waals surface area (Å²) in [4.78, 5) is 2.40. The number of benzene rings is 1. The van der Waals surface area contributed by atoms with Crippen LogP contribution in [-0.2, 0) is 18.0 Å². The molecule has 2 unspecified atom stereocenters. The Kier molecular flexibility index (Phi) is 3.86. The highest BCUT2D eigenvalue weighted by Gasteiger charge is 2.60. The molecule has 1 aromatic carbocycles. The maximum absolute atomic E-state index is 12.4. The molecule has 2 fully saturated rings. The van der Waals surface area contributed by atoms with Crippen molar-refractivity contribution in [3.05, 3.63) is 47.2 Å². The van der Waals surface area contributed by atoms with Crippen molar-refractivity contribution in [3.8, 4) is 0 Å². The summed E-state index contributed by atoms with van der Waals surface area (Å²) in [5.74, 6) is -0.497. The van der Waals surface area contributed by atoms with E-state index in [1.165, 1.54) is 17.5 Å². The summed E-state index contributed by atoms with van der Waals surface area (Å²) >= 11 is 0. The lowest BCUT2D eigenvalue weighted by Crippen LogP contribution is -2.27. The van der Waals surface area contributed by atoms with E-state index in [9.17, 15) is 13.2 Å². The Morgan fingerprint density at radius 2 is 2.00 bits per heavy atom. The summed E-state index contributed by atoms with van der Waals surface area (Å²) in [5, 5.41) is 6.54. The quantitative estimate of drug-likeness (QED) is 0.825. The third kappa shape index (κ3) is 3.17. The summed E-state index contributed by atoms with van der Waals surface area (Å²) in [5.41, 5.74) is 2.98. The molecule has 0 spiro atoms. The number of aromatic nitrogens is 2. The molecule has 1 aromatic heterocycles. The lowest BCUT2D eigenvalue weighted by molar-refractivity contribution is -0.157. The highest BCUT2D eigenvalue weighted by molar-refractivity contribution is 5.38. The van der Waals surface area contributed by atoms with E-state index in [0.717, 1.165) is 26.1 Å². The van der Waals surface area contributed by atoms with E-state index in [-0.39, 0.29) is 5.89 Å². The molecular formula is C18H20F3N3O. The van der Waals surface area contributed by atoms with Gasteiger partial charge in [0, 0.05) is 24.9 Å². The predicted molar refractivity (Wildman–Crippen MR) is 85.0 cm³/mol. The molecule has 0 N–H and O–H groups in total. The van der Waals surface area contributed by atoms with Gasteiger partial charge >= 0.3 is 12.1 Å². The second kappa shape index (κ2) is 5.83. The number of nitrogens with zero attached hydrogens (tertiary/aromatic N) is 3. The van der Waals surface area contributed by atoms with Gasteiger partial charge < -0.3 is 9.32 Å². The maximum Gasteiger partial charge on any atom is 0.470 e. The van der Waals surface area contributed by atoms with E-state index in [2.05, 4.69) is 50.7 Å². The summed E-state index contributed by atoms with van der Waals surface area (Å²) < 4.78 is 42.0. The van der Waals surface area contributed by atoms with E-state index in [0.29, 0.717) is 17.8 Å². The molecule has 0 radical (unpaired) electrons. The van der Waals surface area contributed by atoms with Gasteiger partial charge in [-0.1, -0.05) is 29.8 Å². The fourth-order valence-electron chi connectivity index (χ4n) is 4.01. The van der Waals surface area contributed by atoms with Crippen LogP contribution < -0.4 is 0 Å². The van der Waals surface area contributed by atoms with E-state index in [1.807, 2.05) is 0 Å². The van der Waals surface area contributed by atoms with Crippen molar-refractivity contribution < 1.29 is 17.6 Å². The average molecular weight is 351 g/mol. The first-order chi connectivity index (χ1) is 11.9. The first-order valence-electron chi connectivity index (χ1n) is 8.56. The van der Waals surface area contributed by atoms with Gasteiger partial charge in [0.1, 0.15) is 0 Å². The first-order valence-corrected chi connectivity index (χ1v) is 8.56. The van der Waals surface area contributed by atoms with E-state index in [4.69, 9.17) is 0 Å². The predicted octanol–water partition coefficient (Wildman–Crippen LogP) is 3.60. The number of aryl methyl sites for hydroxylation is 2. The van der Waals surface area contributed by atoms with E-state index in [1.54, 1.807) is 0 Å². The molecule has 0 amide bonds. The molecule has 1 saturated heterocycles. The van der Waals surface area contributed by atoms with Crippen molar-refractivity contribution in [2.24, 2.45) is 5.92 Å². The number of fused-ring (bicyclic) bond motifs is 1. The van der Waals surface area contributed by atoms with Crippen LogP contribution in [0.2, 0.25) is 0 Å². The van der Waals surface area contributed by atoms with Crippen molar-refractivity contribution in [3.63, 3.8) is 0 Å². The molecule has 1 aliphatic heterocycles. The van der Waals surface area contributed by atoms with Crippen LogP contribution in [0.25, 0.3) is 0 Å². The Morgan fingerprint density at radius 1 is 1.24 bits per heavy atom. The van der Waals surface area contributed by atoms with Crippen molar-refractivity contribution >= 4 is 0 Å². The van der Waals surface area contributed by atoms with Gasteiger partial charge in [-0.05, 0) is 37.8 Å². The second-order valence-electron chi connectivity index (χ2n) is 7.26. The largest absolute Gasteiger partial charge is 0.470 e. The van der Waals surface area contributed by atoms with Crippen LogP contribution in [0.1, 0.15) is 35.7 Å². The topological polar surface area (TPSA) is 42.2 Å². The molecule has 2 atom stereocenters. The van der Waals surface area contributed by atoms with Gasteiger partial charge in [-0.25, -0.2) is 0 Å². The fourth-order valence-corrected chi connectivity index (χ4v) is 4.01. The van der Waals surface area contributed by atoms with Crippen molar-refractivity contribution in [2.45, 2.75) is 37.8 Å². The molecule has 2 heterocycles. The Hall–Kier alpha value is -1.89. The number of halogens is 3. The monoisotopic (exact) mass is 351 g/mol. The Morgan fingerprint density at radius 3 is 2.68 bits per heavy atom. The first kappa shape index (κ1) is 16.6. The van der Waals surface area contributed by atoms with Gasteiger partial charge in [0.05, 0.1) is 0 Å². The minimum Gasteiger partial charge on any atom is -0.417 e. The molecule has 2 aliphatic rings. The minimum absolute atomic E-state index is 0.0601. The highest BCUT2D eigenvalue weighted by Crippen LogP contribution is 2.58. The van der Waals surface area contributed by atoms with Gasteiger partial charge in [0.2, 0.25) is 5.89 Å². The van der Waals surface area contributed by atoms with Crippen molar-refractivity contribution in [1.29, 1.82) is 0 Å². The molecule has 1 aliphatic carbocycles. The van der Waals surface area contributed by atoms with Gasteiger partial charge in [0.25, 0.3) is 0 Å². The number of rotatable bonds is 5. The molecule has 2 aromatic rings. The van der Waals surface area contributed by atoms with Crippen LogP contribution in [0.5, 0.6) is 0 Å². The smallest absolute Gasteiger partial charge is 0.417 e. The van der Waals surface area contributed by atoms with Crippen LogP contribution in [0.3, 0.4) is 0 Å². The molecule has 1 saturated carbocycles. The Balaban J connectivity index is 1.29. The Labute approximate surface area is 144 Å². The molecule has 0 bridgehead atoms. The van der Waals surface area contributed by atoms with E-state index < -0.39 is 12.1 Å². The molecule has 134 valence electrons. The van der Waals surface area contributed by atoms with Gasteiger partial charge in [-0.2, -0.15) is 13.2 Å². The average Bonchev–Trinajstić information content (AvgIpc) is 2.93. The van der Waals surface area contributed by atoms with Crippen LogP contribution in [0.4, 0.5) is 13.2 Å². The maximum atomic E-state index is 12.4. The summed E-state index contributed by atoms with van der Waals surface area (Å²) in [6.07, 6.45) is -2.23. The van der Waals surface area contributed by atoms with Crippen LogP contribution in [0, 0.1) is 12.8 Å². The molecule has 25 heavy (non-hydrogen) atoms. The van der Waals surface area contributed by atoms with E-state index >= 15 is 0 Å². The van der Waals surface area contributed by atoms with Crippen LogP contribution in [-0.4, -0.2) is 34.7 Å². The highest BCUT2D eigenvalue weighted by atomic mass is 19.4. The van der Waals surface area contributed by atoms with Gasteiger partial charge in [0.15, 0.2) is 0 Å². The van der Waals surface area contributed by atoms with Crippen LogP contribution in [0.15, 0.2) is 28.7 Å². The lowest BCUT2D eigenvalue weighted by Gasteiger charge is -2.20. The zero-order valence-corrected chi connectivity index (χ0v) is 14.0. The van der Waals surface area contributed by atoms with Crippen LogP contribution >= 0.6 is 0 Å². The normalized spacial score (nSPS) is 26.0. The zero-order valence-electron chi connectivity index (χ0n) is 14.0. The number of alkyl halides is 3. The third-order valence-corrected chi connectivity index (χ3v) is 5.42. The fraction of sp³-hybridized carbons (Fsp3) is 0.556. The standard InChI is InChI=1S/C18H20F3N3O/c1-12-4-6-13(7-5-12)17-9-14(17)10-24(11-17)8-2-3-15-22-23-16(25-15)18(19,20)21/h4-7,14H,2-3,8-11H2,1H3. The summed E-state index contributed by atoms with van der Waals surface area (Å²) in [7, 11) is 0. The number of likely N-dealkylation sites (tertiary alicyclic amines) is 1. The summed E-state index contributed by atoms with van der Waals surface area (Å²) in [6, 6.07) is 8.79. The second-order valence-corrected chi connectivity index (χ2v) is 7.26.